The summed E-state index contributed by atoms with van der Waals surface area (Å²) in [5.74, 6) is 2.66. The van der Waals surface area contributed by atoms with Crippen LogP contribution in [0.5, 0.6) is 5.88 Å². The van der Waals surface area contributed by atoms with Gasteiger partial charge in [0.25, 0.3) is 0 Å². The Hall–Kier alpha value is -2.16. The van der Waals surface area contributed by atoms with Crippen LogP contribution in [-0.2, 0) is 0 Å². The summed E-state index contributed by atoms with van der Waals surface area (Å²) < 4.78 is 6.95. The number of aromatic nitrogens is 3. The Labute approximate surface area is 171 Å². The standard InChI is InChI=1S/C20H22N4O2S2/c1-12-9-13(2)11-23(10-12)16(15-6-4-8-27-15)17-19(25)24-20(28-17)21-18(22-24)14-5-3-7-26-14/h3-8,12-13,16,25H,9-11H2,1-2H3/p+1/t12-,13+,16-/m0/s1. The van der Waals surface area contributed by atoms with E-state index >= 15 is 0 Å². The van der Waals surface area contributed by atoms with Gasteiger partial charge < -0.3 is 14.4 Å². The average molecular weight is 416 g/mol. The molecular formula is C20H23N4O2S2+. The molecule has 5 heterocycles. The van der Waals surface area contributed by atoms with Crippen LogP contribution in [0.4, 0.5) is 0 Å². The molecule has 8 heteroatoms. The lowest BCUT2D eigenvalue weighted by molar-refractivity contribution is -0.936. The van der Waals surface area contributed by atoms with E-state index in [9.17, 15) is 5.11 Å². The summed E-state index contributed by atoms with van der Waals surface area (Å²) in [7, 11) is 0. The van der Waals surface area contributed by atoms with Crippen LogP contribution in [0.25, 0.3) is 16.5 Å². The van der Waals surface area contributed by atoms with Gasteiger partial charge in [-0.25, -0.2) is 0 Å². The van der Waals surface area contributed by atoms with Gasteiger partial charge in [0, 0.05) is 11.8 Å². The molecule has 1 fully saturated rings. The monoisotopic (exact) mass is 415 g/mol. The maximum Gasteiger partial charge on any atom is 0.235 e. The fraction of sp³-hybridized carbons (Fsp3) is 0.400. The smallest absolute Gasteiger partial charge is 0.235 e. The number of nitrogens with one attached hydrogen (secondary N) is 1. The normalized spacial score (nSPS) is 24.0. The molecule has 0 amide bonds. The molecule has 4 aromatic heterocycles. The van der Waals surface area contributed by atoms with E-state index in [-0.39, 0.29) is 11.9 Å². The summed E-state index contributed by atoms with van der Waals surface area (Å²) in [6, 6.07) is 8.02. The van der Waals surface area contributed by atoms with E-state index in [0.29, 0.717) is 28.4 Å². The second-order valence-electron chi connectivity index (χ2n) is 7.86. The first kappa shape index (κ1) is 17.9. The molecule has 28 heavy (non-hydrogen) atoms. The SMILES string of the molecule is C[C@@H]1C[C@H](C)C[NH+]([C@@H](c2cccs2)c2sc3nc(-c4ccco4)nn3c2O)C1. The number of hydrogen-bond donors (Lipinski definition) is 2. The molecule has 5 rings (SSSR count). The summed E-state index contributed by atoms with van der Waals surface area (Å²) >= 11 is 3.28. The van der Waals surface area contributed by atoms with E-state index in [1.54, 1.807) is 22.1 Å². The van der Waals surface area contributed by atoms with E-state index in [2.05, 4.69) is 41.4 Å². The van der Waals surface area contributed by atoms with Gasteiger partial charge in [0.2, 0.25) is 16.7 Å². The third-order valence-corrected chi connectivity index (χ3v) is 7.49. The van der Waals surface area contributed by atoms with Crippen LogP contribution < -0.4 is 4.90 Å². The van der Waals surface area contributed by atoms with Crippen molar-refractivity contribution in [2.75, 3.05) is 13.1 Å². The molecule has 0 radical (unpaired) electrons. The molecule has 0 aliphatic carbocycles. The van der Waals surface area contributed by atoms with Crippen molar-refractivity contribution in [3.8, 4) is 17.5 Å². The first-order valence-corrected chi connectivity index (χ1v) is 11.3. The van der Waals surface area contributed by atoms with Gasteiger partial charge in [0.05, 0.1) is 24.2 Å². The van der Waals surface area contributed by atoms with E-state index in [0.717, 1.165) is 18.0 Å². The number of furan rings is 1. The summed E-state index contributed by atoms with van der Waals surface area (Å²) in [5, 5.41) is 17.7. The molecule has 4 atom stereocenters. The molecule has 6 nitrogen and oxygen atoms in total. The summed E-state index contributed by atoms with van der Waals surface area (Å²) in [5.41, 5.74) is 0. The Morgan fingerprint density at radius 3 is 2.71 bits per heavy atom. The third-order valence-electron chi connectivity index (χ3n) is 5.47. The van der Waals surface area contributed by atoms with E-state index in [4.69, 9.17) is 4.42 Å². The third kappa shape index (κ3) is 3.05. The number of nitrogens with zero attached hydrogens (tertiary/aromatic N) is 3. The van der Waals surface area contributed by atoms with E-state index in [1.165, 1.54) is 27.5 Å². The van der Waals surface area contributed by atoms with Crippen LogP contribution >= 0.6 is 22.7 Å². The predicted octanol–water partition coefficient (Wildman–Crippen LogP) is 3.47. The highest BCUT2D eigenvalue weighted by atomic mass is 32.1. The highest BCUT2D eigenvalue weighted by Gasteiger charge is 2.37. The molecule has 1 aliphatic heterocycles. The molecule has 1 saturated heterocycles. The van der Waals surface area contributed by atoms with Crippen molar-refractivity contribution in [1.82, 2.24) is 14.6 Å². The Morgan fingerprint density at radius 1 is 1.25 bits per heavy atom. The van der Waals surface area contributed by atoms with Gasteiger partial charge in [0.1, 0.15) is 4.88 Å². The Morgan fingerprint density at radius 2 is 2.07 bits per heavy atom. The molecule has 0 saturated carbocycles. The van der Waals surface area contributed by atoms with Gasteiger partial charge in [-0.2, -0.15) is 9.50 Å². The number of fused-ring (bicyclic) bond motifs is 1. The van der Waals surface area contributed by atoms with Crippen molar-refractivity contribution in [3.63, 3.8) is 0 Å². The van der Waals surface area contributed by atoms with Crippen LogP contribution in [0, 0.1) is 11.8 Å². The number of rotatable bonds is 4. The number of piperidine rings is 1. The van der Waals surface area contributed by atoms with Crippen molar-refractivity contribution >= 4 is 27.6 Å². The molecule has 1 aliphatic rings. The minimum absolute atomic E-state index is 0.116. The summed E-state index contributed by atoms with van der Waals surface area (Å²) in [6.07, 6.45) is 2.87. The van der Waals surface area contributed by atoms with Gasteiger partial charge in [-0.15, -0.1) is 16.4 Å². The minimum Gasteiger partial charge on any atom is -0.492 e. The Kier molecular flexibility index (Phi) is 4.49. The lowest BCUT2D eigenvalue weighted by atomic mass is 9.90. The van der Waals surface area contributed by atoms with E-state index in [1.807, 2.05) is 12.1 Å². The largest absolute Gasteiger partial charge is 0.492 e. The lowest BCUT2D eigenvalue weighted by Gasteiger charge is -2.36. The fourth-order valence-corrected chi connectivity index (χ4v) is 6.59. The Bertz CT molecular complexity index is 1060. The lowest BCUT2D eigenvalue weighted by Crippen LogP contribution is -3.14. The summed E-state index contributed by atoms with van der Waals surface area (Å²) in [4.78, 5) is 9.02. The van der Waals surface area contributed by atoms with Gasteiger partial charge in [-0.05, 0) is 30.0 Å². The molecule has 0 aromatic carbocycles. The number of likely N-dealkylation sites (tertiary alicyclic amines) is 1. The molecule has 4 aromatic rings. The first-order valence-electron chi connectivity index (χ1n) is 9.60. The van der Waals surface area contributed by atoms with Crippen molar-refractivity contribution < 1.29 is 14.4 Å². The predicted molar refractivity (Wildman–Crippen MR) is 110 cm³/mol. The minimum atomic E-state index is 0.116. The second kappa shape index (κ2) is 7.02. The van der Waals surface area contributed by atoms with Crippen LogP contribution in [0.15, 0.2) is 40.3 Å². The molecule has 0 bridgehead atoms. The van der Waals surface area contributed by atoms with Gasteiger partial charge >= 0.3 is 0 Å². The van der Waals surface area contributed by atoms with Gasteiger partial charge in [-0.3, -0.25) is 0 Å². The second-order valence-corrected chi connectivity index (χ2v) is 9.85. The number of thiazole rings is 1. The highest BCUT2D eigenvalue weighted by molar-refractivity contribution is 7.17. The van der Waals surface area contributed by atoms with Crippen molar-refractivity contribution in [3.05, 3.63) is 45.7 Å². The van der Waals surface area contributed by atoms with Crippen molar-refractivity contribution in [2.24, 2.45) is 11.8 Å². The van der Waals surface area contributed by atoms with Crippen LogP contribution in [0.2, 0.25) is 0 Å². The fourth-order valence-electron chi connectivity index (χ4n) is 4.49. The molecule has 146 valence electrons. The van der Waals surface area contributed by atoms with Crippen LogP contribution in [-0.4, -0.2) is 32.8 Å². The number of hydrogen-bond acceptors (Lipinski definition) is 6. The topological polar surface area (TPSA) is 68.0 Å². The number of quaternary nitrogens is 1. The zero-order valence-electron chi connectivity index (χ0n) is 15.8. The maximum atomic E-state index is 11.1. The first-order chi connectivity index (χ1) is 13.6. The average Bonchev–Trinajstić information content (AvgIpc) is 3.41. The number of aromatic hydroxyl groups is 1. The zero-order valence-corrected chi connectivity index (χ0v) is 17.5. The molecular weight excluding hydrogens is 392 g/mol. The van der Waals surface area contributed by atoms with Gasteiger partial charge in [-0.1, -0.05) is 31.3 Å². The molecule has 2 N–H and O–H groups in total. The summed E-state index contributed by atoms with van der Waals surface area (Å²) in [6.45, 7) is 6.88. The van der Waals surface area contributed by atoms with Gasteiger partial charge in [0.15, 0.2) is 11.8 Å². The zero-order chi connectivity index (χ0) is 19.3. The highest BCUT2D eigenvalue weighted by Crippen LogP contribution is 2.37. The molecule has 0 spiro atoms. The quantitative estimate of drug-likeness (QED) is 0.536. The molecule has 1 unspecified atom stereocenters. The van der Waals surface area contributed by atoms with Crippen LogP contribution in [0.1, 0.15) is 36.1 Å². The number of thiophene rings is 1. The maximum absolute atomic E-state index is 11.1. The van der Waals surface area contributed by atoms with Crippen molar-refractivity contribution in [1.29, 1.82) is 0 Å². The Balaban J connectivity index is 1.58. The van der Waals surface area contributed by atoms with Crippen LogP contribution in [0.3, 0.4) is 0 Å². The van der Waals surface area contributed by atoms with Crippen molar-refractivity contribution in [2.45, 2.75) is 26.3 Å². The van der Waals surface area contributed by atoms with E-state index < -0.39 is 0 Å².